The number of amides is 2. The van der Waals surface area contributed by atoms with Gasteiger partial charge in [0.25, 0.3) is 11.8 Å². The van der Waals surface area contributed by atoms with Crippen LogP contribution in [0.15, 0.2) is 36.4 Å². The predicted octanol–water partition coefficient (Wildman–Crippen LogP) is 3.75. The first kappa shape index (κ1) is 26.5. The van der Waals surface area contributed by atoms with Crippen LogP contribution in [0.2, 0.25) is 0 Å². The van der Waals surface area contributed by atoms with Crippen molar-refractivity contribution in [1.82, 2.24) is 19.8 Å². The summed E-state index contributed by atoms with van der Waals surface area (Å²) in [7, 11) is 3.99. The molecule has 1 saturated heterocycles. The van der Waals surface area contributed by atoms with E-state index in [9.17, 15) is 14.7 Å². The molecule has 11 heteroatoms. The van der Waals surface area contributed by atoms with Crippen molar-refractivity contribution in [3.05, 3.63) is 53.3 Å². The highest BCUT2D eigenvalue weighted by atomic mass is 35.5. The summed E-state index contributed by atoms with van der Waals surface area (Å²) in [5.74, 6) is 0.465. The first-order chi connectivity index (χ1) is 19.3. The topological polar surface area (TPSA) is 114 Å². The number of morpholine rings is 1. The number of hydrogen-bond acceptors (Lipinski definition) is 6. The molecule has 3 N–H and O–H groups in total. The number of carbonyl (C=O) groups is 2. The zero-order valence-electron chi connectivity index (χ0n) is 22.5. The fourth-order valence-electron chi connectivity index (χ4n) is 5.53. The molecule has 2 aromatic carbocycles. The third kappa shape index (κ3) is 4.76. The number of anilines is 1. The molecule has 0 aliphatic carbocycles. The van der Waals surface area contributed by atoms with E-state index in [1.165, 1.54) is 0 Å². The van der Waals surface area contributed by atoms with Crippen LogP contribution in [0.3, 0.4) is 0 Å². The molecule has 2 amide bonds. The Morgan fingerprint density at radius 3 is 2.62 bits per heavy atom. The average Bonchev–Trinajstić information content (AvgIpc) is 3.67. The predicted molar refractivity (Wildman–Crippen MR) is 154 cm³/mol. The summed E-state index contributed by atoms with van der Waals surface area (Å²) in [5, 5.41) is 12.5. The maximum absolute atomic E-state index is 13.8. The molecule has 40 heavy (non-hydrogen) atoms. The van der Waals surface area contributed by atoms with Crippen LogP contribution >= 0.6 is 11.6 Å². The second-order valence-electron chi connectivity index (χ2n) is 10.6. The number of carbonyl (C=O) groups excluding carboxylic acids is 2. The summed E-state index contributed by atoms with van der Waals surface area (Å²) in [6, 6.07) is 10.9. The molecule has 6 rings (SSSR count). The lowest BCUT2D eigenvalue weighted by molar-refractivity contribution is 0.0299. The number of phenolic OH excluding ortho intramolecular Hbond substituents is 1. The van der Waals surface area contributed by atoms with Gasteiger partial charge in [-0.05, 0) is 50.0 Å². The number of aromatic hydroxyl groups is 1. The molecule has 0 bridgehead atoms. The number of H-pyrrole nitrogens is 2. The van der Waals surface area contributed by atoms with Crippen LogP contribution in [-0.4, -0.2) is 103 Å². The van der Waals surface area contributed by atoms with Gasteiger partial charge in [0.15, 0.2) is 0 Å². The number of ether oxygens (including phenoxy) is 2. The lowest BCUT2D eigenvalue weighted by Gasteiger charge is -2.26. The number of likely N-dealkylation sites (N-methyl/N-ethyl adjacent to an activating group) is 1. The van der Waals surface area contributed by atoms with E-state index in [1.807, 2.05) is 38.4 Å². The highest BCUT2D eigenvalue weighted by Crippen LogP contribution is 2.46. The number of hydrogen-bond donors (Lipinski definition) is 3. The molecular formula is C29H32ClN5O5. The summed E-state index contributed by atoms with van der Waals surface area (Å²) in [4.78, 5) is 38.7. The van der Waals surface area contributed by atoms with Crippen LogP contribution < -0.4 is 9.64 Å². The van der Waals surface area contributed by atoms with Crippen molar-refractivity contribution >= 4 is 50.9 Å². The number of aromatic nitrogens is 2. The van der Waals surface area contributed by atoms with E-state index in [0.717, 1.165) is 28.8 Å². The van der Waals surface area contributed by atoms with Crippen molar-refractivity contribution in [3.8, 4) is 11.5 Å². The molecule has 10 nitrogen and oxygen atoms in total. The van der Waals surface area contributed by atoms with Crippen molar-refractivity contribution in [2.75, 3.05) is 70.9 Å². The van der Waals surface area contributed by atoms with Gasteiger partial charge >= 0.3 is 0 Å². The molecule has 0 radical (unpaired) electrons. The molecule has 0 unspecified atom stereocenters. The van der Waals surface area contributed by atoms with Crippen molar-refractivity contribution in [2.45, 2.75) is 5.92 Å². The summed E-state index contributed by atoms with van der Waals surface area (Å²) in [6.07, 6.45) is 0. The number of halogens is 1. The van der Waals surface area contributed by atoms with Gasteiger partial charge in [0.1, 0.15) is 29.5 Å². The van der Waals surface area contributed by atoms with Crippen LogP contribution in [0.1, 0.15) is 32.5 Å². The number of rotatable bonds is 7. The summed E-state index contributed by atoms with van der Waals surface area (Å²) in [5.41, 5.74) is 3.55. The van der Waals surface area contributed by atoms with Crippen LogP contribution in [-0.2, 0) is 4.74 Å². The number of nitrogens with one attached hydrogen (secondary N) is 2. The first-order valence-corrected chi connectivity index (χ1v) is 13.9. The van der Waals surface area contributed by atoms with E-state index < -0.39 is 0 Å². The molecule has 0 spiro atoms. The molecule has 4 heterocycles. The van der Waals surface area contributed by atoms with E-state index >= 15 is 0 Å². The van der Waals surface area contributed by atoms with Crippen LogP contribution in [0, 0.1) is 0 Å². The fourth-order valence-corrected chi connectivity index (χ4v) is 5.78. The molecule has 1 atom stereocenters. The minimum Gasteiger partial charge on any atom is -0.506 e. The molecule has 2 aromatic heterocycles. The summed E-state index contributed by atoms with van der Waals surface area (Å²) < 4.78 is 11.2. The highest BCUT2D eigenvalue weighted by molar-refractivity contribution is 6.19. The Hall–Kier alpha value is -3.73. The number of fused-ring (bicyclic) bond motifs is 4. The van der Waals surface area contributed by atoms with Crippen LogP contribution in [0.5, 0.6) is 11.5 Å². The number of nitrogens with zero attached hydrogens (tertiary/aromatic N) is 3. The Balaban J connectivity index is 1.31. The van der Waals surface area contributed by atoms with Crippen LogP contribution in [0.25, 0.3) is 21.8 Å². The number of alkyl halides is 1. The second-order valence-corrected chi connectivity index (χ2v) is 10.9. The zero-order valence-corrected chi connectivity index (χ0v) is 23.3. The normalized spacial score (nSPS) is 17.2. The van der Waals surface area contributed by atoms with Crippen LogP contribution in [0.4, 0.5) is 5.69 Å². The van der Waals surface area contributed by atoms with E-state index in [2.05, 4.69) is 14.9 Å². The maximum Gasteiger partial charge on any atom is 0.274 e. The van der Waals surface area contributed by atoms with Crippen molar-refractivity contribution in [3.63, 3.8) is 0 Å². The van der Waals surface area contributed by atoms with Gasteiger partial charge in [-0.25, -0.2) is 0 Å². The fraction of sp³-hybridized carbons (Fsp3) is 0.379. The first-order valence-electron chi connectivity index (χ1n) is 13.4. The van der Waals surface area contributed by atoms with Gasteiger partial charge in [-0.3, -0.25) is 9.59 Å². The van der Waals surface area contributed by atoms with Gasteiger partial charge in [0.2, 0.25) is 0 Å². The van der Waals surface area contributed by atoms with Gasteiger partial charge in [-0.2, -0.15) is 0 Å². The van der Waals surface area contributed by atoms with Gasteiger partial charge in [0.05, 0.1) is 24.4 Å². The number of benzene rings is 2. The third-order valence-corrected chi connectivity index (χ3v) is 7.98. The largest absolute Gasteiger partial charge is 0.506 e. The van der Waals surface area contributed by atoms with E-state index in [0.29, 0.717) is 67.4 Å². The number of aromatic amines is 2. The third-order valence-electron chi connectivity index (χ3n) is 7.61. The lowest BCUT2D eigenvalue weighted by atomic mass is 9.98. The smallest absolute Gasteiger partial charge is 0.274 e. The molecule has 1 fully saturated rings. The minimum atomic E-state index is -0.223. The van der Waals surface area contributed by atoms with Gasteiger partial charge in [-0.1, -0.05) is 0 Å². The van der Waals surface area contributed by atoms with Crippen molar-refractivity contribution < 1.29 is 24.2 Å². The Labute approximate surface area is 236 Å². The Morgan fingerprint density at radius 1 is 1.10 bits per heavy atom. The molecule has 4 aromatic rings. The second kappa shape index (κ2) is 10.7. The van der Waals surface area contributed by atoms with Gasteiger partial charge in [0, 0.05) is 60.3 Å². The van der Waals surface area contributed by atoms with Crippen molar-refractivity contribution in [2.24, 2.45) is 0 Å². The SMILES string of the molecule is CN(C)CCOc1ccc2[nH]c(C(=O)N3C[C@@H](CCl)c4c3cc(O)c3[nH]c(C(=O)N5CCOCC5)cc43)cc2c1. The molecule has 2 aliphatic heterocycles. The van der Waals surface area contributed by atoms with E-state index in [4.69, 9.17) is 21.1 Å². The average molecular weight is 566 g/mol. The quantitative estimate of drug-likeness (QED) is 0.294. The van der Waals surface area contributed by atoms with Crippen molar-refractivity contribution in [1.29, 1.82) is 0 Å². The molecule has 2 aliphatic rings. The summed E-state index contributed by atoms with van der Waals surface area (Å²) in [6.45, 7) is 3.75. The maximum atomic E-state index is 13.8. The standard InChI is InChI=1S/C29H32ClN5O5/c1-33(2)5-10-40-19-3-4-21-17(11-19)12-22(31-21)29(38)35-16-18(15-30)26-20-13-23(28(37)34-6-8-39-9-7-34)32-27(20)25(36)14-24(26)35/h3-4,11-14,18,31-32,36H,5-10,15-16H2,1-2H3/t18-/m1/s1. The Bertz CT molecular complexity index is 1590. The Kier molecular flexibility index (Phi) is 7.07. The zero-order chi connectivity index (χ0) is 28.0. The monoisotopic (exact) mass is 565 g/mol. The molecule has 0 saturated carbocycles. The lowest BCUT2D eigenvalue weighted by Crippen LogP contribution is -2.40. The highest BCUT2D eigenvalue weighted by Gasteiger charge is 2.36. The molecular weight excluding hydrogens is 534 g/mol. The summed E-state index contributed by atoms with van der Waals surface area (Å²) >= 11 is 6.40. The molecule has 210 valence electrons. The van der Waals surface area contributed by atoms with Gasteiger partial charge < -0.3 is 39.2 Å². The van der Waals surface area contributed by atoms with E-state index in [-0.39, 0.29) is 29.4 Å². The minimum absolute atomic E-state index is 0.0287. The van der Waals surface area contributed by atoms with E-state index in [1.54, 1.807) is 21.9 Å². The Morgan fingerprint density at radius 2 is 1.88 bits per heavy atom. The van der Waals surface area contributed by atoms with Gasteiger partial charge in [-0.15, -0.1) is 11.6 Å². The number of phenols is 1.